The van der Waals surface area contributed by atoms with E-state index in [0.717, 1.165) is 26.1 Å². The number of amides is 2. The van der Waals surface area contributed by atoms with Gasteiger partial charge in [-0.3, -0.25) is 4.90 Å². The molecule has 0 aliphatic carbocycles. The van der Waals surface area contributed by atoms with E-state index in [1.165, 1.54) is 12.0 Å². The fraction of sp³-hybridized carbons (Fsp3) is 0.435. The van der Waals surface area contributed by atoms with Gasteiger partial charge in [0.15, 0.2) is 0 Å². The molecule has 0 radical (unpaired) electrons. The number of nitrogens with zero attached hydrogens (tertiary/aromatic N) is 2. The first kappa shape index (κ1) is 21.5. The maximum absolute atomic E-state index is 12.4. The SMILES string of the molecule is CN(CCOc1cccc(Cl)c1)C(=O)NCC1CCCN(Cc2ccccc2)C1. The van der Waals surface area contributed by atoms with Crippen molar-refractivity contribution in [2.45, 2.75) is 19.4 Å². The third-order valence-electron chi connectivity index (χ3n) is 5.23. The Labute approximate surface area is 178 Å². The van der Waals surface area contributed by atoms with Crippen molar-refractivity contribution in [3.63, 3.8) is 0 Å². The van der Waals surface area contributed by atoms with Gasteiger partial charge in [0.2, 0.25) is 0 Å². The molecule has 0 spiro atoms. The minimum Gasteiger partial charge on any atom is -0.492 e. The van der Waals surface area contributed by atoms with Crippen molar-refractivity contribution in [3.8, 4) is 5.75 Å². The van der Waals surface area contributed by atoms with Crippen LogP contribution in [0.5, 0.6) is 5.75 Å². The lowest BCUT2D eigenvalue weighted by molar-refractivity contribution is 0.160. The number of benzene rings is 2. The Morgan fingerprint density at radius 2 is 2.07 bits per heavy atom. The fourth-order valence-corrected chi connectivity index (χ4v) is 3.81. The molecule has 3 rings (SSSR count). The van der Waals surface area contributed by atoms with Crippen LogP contribution in [0.15, 0.2) is 54.6 Å². The van der Waals surface area contributed by atoms with Gasteiger partial charge in [-0.1, -0.05) is 48.0 Å². The van der Waals surface area contributed by atoms with Crippen molar-refractivity contribution in [1.82, 2.24) is 15.1 Å². The highest BCUT2D eigenvalue weighted by Gasteiger charge is 2.21. The second kappa shape index (κ2) is 11.1. The first-order chi connectivity index (χ1) is 14.1. The maximum Gasteiger partial charge on any atom is 0.317 e. The fourth-order valence-electron chi connectivity index (χ4n) is 3.63. The monoisotopic (exact) mass is 415 g/mol. The number of nitrogens with one attached hydrogen (secondary N) is 1. The van der Waals surface area contributed by atoms with Crippen LogP contribution in [0.2, 0.25) is 5.02 Å². The standard InChI is InChI=1S/C23H30ClN3O2/c1-26(13-14-29-22-11-5-10-21(24)15-22)23(28)25-16-20-9-6-12-27(18-20)17-19-7-3-2-4-8-19/h2-5,7-8,10-11,15,20H,6,9,12-14,16-18H2,1H3,(H,25,28). The number of rotatable bonds is 8. The summed E-state index contributed by atoms with van der Waals surface area (Å²) in [4.78, 5) is 16.5. The van der Waals surface area contributed by atoms with Gasteiger partial charge in [-0.05, 0) is 49.1 Å². The summed E-state index contributed by atoms with van der Waals surface area (Å²) in [6, 6.07) is 17.8. The Hall–Kier alpha value is -2.24. The van der Waals surface area contributed by atoms with Crippen LogP contribution >= 0.6 is 11.6 Å². The van der Waals surface area contributed by atoms with Crippen LogP contribution in [0.4, 0.5) is 4.79 Å². The molecule has 2 amide bonds. The molecule has 1 unspecified atom stereocenters. The Bertz CT molecular complexity index is 772. The van der Waals surface area contributed by atoms with Gasteiger partial charge in [0.1, 0.15) is 12.4 Å². The number of carbonyl (C=O) groups is 1. The maximum atomic E-state index is 12.4. The molecule has 1 heterocycles. The van der Waals surface area contributed by atoms with Crippen LogP contribution in [0.1, 0.15) is 18.4 Å². The second-order valence-electron chi connectivity index (χ2n) is 7.64. The van der Waals surface area contributed by atoms with Gasteiger partial charge >= 0.3 is 6.03 Å². The van der Waals surface area contributed by atoms with Crippen LogP contribution < -0.4 is 10.1 Å². The van der Waals surface area contributed by atoms with Gasteiger partial charge in [-0.15, -0.1) is 0 Å². The number of hydrogen-bond acceptors (Lipinski definition) is 3. The van der Waals surface area contributed by atoms with E-state index in [4.69, 9.17) is 16.3 Å². The first-order valence-electron chi connectivity index (χ1n) is 10.2. The lowest BCUT2D eigenvalue weighted by Gasteiger charge is -2.33. The normalized spacial score (nSPS) is 17.0. The molecule has 2 aromatic rings. The smallest absolute Gasteiger partial charge is 0.317 e. The molecule has 1 N–H and O–H groups in total. The number of halogens is 1. The Morgan fingerprint density at radius 1 is 1.24 bits per heavy atom. The number of hydrogen-bond donors (Lipinski definition) is 1. The van der Waals surface area contributed by atoms with Crippen molar-refractivity contribution in [3.05, 3.63) is 65.2 Å². The Morgan fingerprint density at radius 3 is 2.86 bits per heavy atom. The molecule has 0 saturated carbocycles. The summed E-state index contributed by atoms with van der Waals surface area (Å²) in [6.45, 7) is 4.79. The molecule has 2 aromatic carbocycles. The number of carbonyl (C=O) groups excluding carboxylic acids is 1. The molecular weight excluding hydrogens is 386 g/mol. The first-order valence-corrected chi connectivity index (χ1v) is 10.6. The van der Waals surface area contributed by atoms with E-state index >= 15 is 0 Å². The van der Waals surface area contributed by atoms with Crippen molar-refractivity contribution < 1.29 is 9.53 Å². The molecule has 1 aliphatic rings. The van der Waals surface area contributed by atoms with Crippen molar-refractivity contribution in [1.29, 1.82) is 0 Å². The second-order valence-corrected chi connectivity index (χ2v) is 8.08. The van der Waals surface area contributed by atoms with Crippen molar-refractivity contribution in [2.75, 3.05) is 39.8 Å². The average Bonchev–Trinajstić information content (AvgIpc) is 2.73. The zero-order chi connectivity index (χ0) is 20.5. The zero-order valence-electron chi connectivity index (χ0n) is 17.0. The number of likely N-dealkylation sites (tertiary alicyclic amines) is 1. The highest BCUT2D eigenvalue weighted by Crippen LogP contribution is 2.18. The van der Waals surface area contributed by atoms with Gasteiger partial charge in [-0.2, -0.15) is 0 Å². The van der Waals surface area contributed by atoms with E-state index in [1.54, 1.807) is 24.1 Å². The Kier molecular flexibility index (Phi) is 8.20. The van der Waals surface area contributed by atoms with Gasteiger partial charge in [0, 0.05) is 31.7 Å². The molecular formula is C23H30ClN3O2. The highest BCUT2D eigenvalue weighted by molar-refractivity contribution is 6.30. The summed E-state index contributed by atoms with van der Waals surface area (Å²) in [5, 5.41) is 3.72. The molecule has 6 heteroatoms. The third kappa shape index (κ3) is 7.26. The molecule has 1 aliphatic heterocycles. The van der Waals surface area contributed by atoms with E-state index in [0.29, 0.717) is 36.4 Å². The predicted octanol–water partition coefficient (Wildman–Crippen LogP) is 4.27. The van der Waals surface area contributed by atoms with E-state index in [9.17, 15) is 4.79 Å². The quantitative estimate of drug-likeness (QED) is 0.700. The molecule has 29 heavy (non-hydrogen) atoms. The molecule has 0 aromatic heterocycles. The van der Waals surface area contributed by atoms with Crippen LogP contribution in [-0.4, -0.2) is 55.7 Å². The summed E-state index contributed by atoms with van der Waals surface area (Å²) in [5.74, 6) is 1.21. The van der Waals surface area contributed by atoms with Gasteiger partial charge in [0.05, 0.1) is 6.54 Å². The lowest BCUT2D eigenvalue weighted by Crippen LogP contribution is -2.44. The van der Waals surface area contributed by atoms with Crippen LogP contribution in [0.3, 0.4) is 0 Å². The number of urea groups is 1. The van der Waals surface area contributed by atoms with Gasteiger partial charge < -0.3 is 15.0 Å². The van der Waals surface area contributed by atoms with Crippen LogP contribution in [0.25, 0.3) is 0 Å². The van der Waals surface area contributed by atoms with Crippen molar-refractivity contribution in [2.24, 2.45) is 5.92 Å². The molecule has 1 fully saturated rings. The Balaban J connectivity index is 1.35. The third-order valence-corrected chi connectivity index (χ3v) is 5.47. The summed E-state index contributed by atoms with van der Waals surface area (Å²) < 4.78 is 5.66. The minimum atomic E-state index is -0.0557. The number of likely N-dealkylation sites (N-methyl/N-ethyl adjacent to an activating group) is 1. The van der Waals surface area contributed by atoms with Crippen molar-refractivity contribution >= 4 is 17.6 Å². The van der Waals surface area contributed by atoms with Crippen LogP contribution in [0, 0.1) is 5.92 Å². The van der Waals surface area contributed by atoms with E-state index in [2.05, 4.69) is 40.5 Å². The minimum absolute atomic E-state index is 0.0557. The summed E-state index contributed by atoms with van der Waals surface area (Å²) in [6.07, 6.45) is 2.34. The summed E-state index contributed by atoms with van der Waals surface area (Å²) >= 11 is 5.95. The summed E-state index contributed by atoms with van der Waals surface area (Å²) in [5.41, 5.74) is 1.34. The summed E-state index contributed by atoms with van der Waals surface area (Å²) in [7, 11) is 1.79. The average molecular weight is 416 g/mol. The number of piperidine rings is 1. The largest absolute Gasteiger partial charge is 0.492 e. The lowest BCUT2D eigenvalue weighted by atomic mass is 9.97. The molecule has 5 nitrogen and oxygen atoms in total. The molecule has 156 valence electrons. The van der Waals surface area contributed by atoms with E-state index in [-0.39, 0.29) is 6.03 Å². The van der Waals surface area contributed by atoms with Gasteiger partial charge in [-0.25, -0.2) is 4.79 Å². The topological polar surface area (TPSA) is 44.8 Å². The molecule has 1 saturated heterocycles. The highest BCUT2D eigenvalue weighted by atomic mass is 35.5. The number of ether oxygens (including phenoxy) is 1. The predicted molar refractivity (Wildman–Crippen MR) is 117 cm³/mol. The van der Waals surface area contributed by atoms with E-state index < -0.39 is 0 Å². The zero-order valence-corrected chi connectivity index (χ0v) is 17.8. The van der Waals surface area contributed by atoms with E-state index in [1.807, 2.05) is 12.1 Å². The van der Waals surface area contributed by atoms with Crippen LogP contribution in [-0.2, 0) is 6.54 Å². The van der Waals surface area contributed by atoms with Gasteiger partial charge in [0.25, 0.3) is 0 Å². The molecule has 1 atom stereocenters. The molecule has 0 bridgehead atoms.